The van der Waals surface area contributed by atoms with E-state index < -0.39 is 0 Å². The van der Waals surface area contributed by atoms with Crippen LogP contribution in [0.25, 0.3) is 0 Å². The van der Waals surface area contributed by atoms with E-state index in [0.717, 1.165) is 0 Å². The summed E-state index contributed by atoms with van der Waals surface area (Å²) >= 11 is 0. The zero-order valence-electron chi connectivity index (χ0n) is 12.6. The van der Waals surface area contributed by atoms with Gasteiger partial charge >= 0.3 is 0 Å². The zero-order valence-corrected chi connectivity index (χ0v) is 12.6. The largest absolute Gasteiger partial charge is 0.0958 e. The molecule has 0 spiro atoms. The maximum absolute atomic E-state index is 4.13. The molecule has 0 radical (unpaired) electrons. The second-order valence-electron chi connectivity index (χ2n) is 6.71. The van der Waals surface area contributed by atoms with Crippen LogP contribution < -0.4 is 0 Å². The molecule has 0 aromatic rings. The average Bonchev–Trinajstić information content (AvgIpc) is 2.38. The lowest BCUT2D eigenvalue weighted by Crippen LogP contribution is -2.44. The first-order valence-corrected chi connectivity index (χ1v) is 7.39. The molecule has 0 heterocycles. The van der Waals surface area contributed by atoms with Crippen LogP contribution in [0.3, 0.4) is 0 Å². The van der Waals surface area contributed by atoms with Gasteiger partial charge in [0.05, 0.1) is 0 Å². The van der Waals surface area contributed by atoms with Crippen LogP contribution in [0.1, 0.15) is 47.0 Å². The van der Waals surface area contributed by atoms with Crippen molar-refractivity contribution in [2.75, 3.05) is 0 Å². The van der Waals surface area contributed by atoms with E-state index in [1.165, 1.54) is 36.0 Å². The summed E-state index contributed by atoms with van der Waals surface area (Å²) in [4.78, 5) is 0. The molecule has 0 fully saturated rings. The normalized spacial score (nSPS) is 33.3. The van der Waals surface area contributed by atoms with E-state index in [0.29, 0.717) is 11.3 Å². The van der Waals surface area contributed by atoms with Gasteiger partial charge in [-0.2, -0.15) is 0 Å². The van der Waals surface area contributed by atoms with Crippen LogP contribution in [0, 0.1) is 11.3 Å². The molecule has 4 rings (SSSR count). The van der Waals surface area contributed by atoms with Crippen molar-refractivity contribution in [2.24, 2.45) is 11.3 Å². The van der Waals surface area contributed by atoms with E-state index in [-0.39, 0.29) is 0 Å². The van der Waals surface area contributed by atoms with E-state index in [2.05, 4.69) is 52.5 Å². The van der Waals surface area contributed by atoms with Crippen LogP contribution in [0.15, 0.2) is 58.2 Å². The van der Waals surface area contributed by atoms with Crippen LogP contribution in [-0.2, 0) is 0 Å². The summed E-state index contributed by atoms with van der Waals surface area (Å²) in [7, 11) is 0. The van der Waals surface area contributed by atoms with Crippen molar-refractivity contribution in [2.45, 2.75) is 47.0 Å². The van der Waals surface area contributed by atoms with Crippen LogP contribution in [-0.4, -0.2) is 0 Å². The molecule has 0 heteroatoms. The molecule has 19 heavy (non-hydrogen) atoms. The molecule has 2 atom stereocenters. The van der Waals surface area contributed by atoms with Crippen LogP contribution in [0.4, 0.5) is 0 Å². The highest BCUT2D eigenvalue weighted by molar-refractivity contribution is 5.58. The summed E-state index contributed by atoms with van der Waals surface area (Å²) in [5, 5.41) is 0. The Morgan fingerprint density at radius 2 is 2.11 bits per heavy atom. The Morgan fingerprint density at radius 3 is 2.68 bits per heavy atom. The smallest absolute Gasteiger partial charge is 0.0148 e. The van der Waals surface area contributed by atoms with E-state index in [9.17, 15) is 0 Å². The molecule has 0 nitrogen and oxygen atoms in total. The molecule has 2 unspecified atom stereocenters. The van der Waals surface area contributed by atoms with Gasteiger partial charge in [-0.05, 0) is 51.2 Å². The molecule has 0 saturated carbocycles. The summed E-state index contributed by atoms with van der Waals surface area (Å²) in [5.41, 5.74) is 9.42. The zero-order chi connectivity index (χ0) is 13.8. The van der Waals surface area contributed by atoms with Gasteiger partial charge in [0.15, 0.2) is 0 Å². The van der Waals surface area contributed by atoms with Crippen molar-refractivity contribution in [3.05, 3.63) is 58.2 Å². The van der Waals surface area contributed by atoms with Crippen LogP contribution >= 0.6 is 0 Å². The fourth-order valence-corrected chi connectivity index (χ4v) is 4.11. The third-order valence-electron chi connectivity index (χ3n) is 5.48. The second kappa shape index (κ2) is 4.10. The van der Waals surface area contributed by atoms with Crippen molar-refractivity contribution in [1.82, 2.24) is 0 Å². The van der Waals surface area contributed by atoms with Crippen molar-refractivity contribution >= 4 is 0 Å². The molecule has 4 aliphatic rings. The minimum atomic E-state index is 0.347. The number of allylic oxidation sites excluding steroid dienone is 9. The Labute approximate surface area is 117 Å². The molecular formula is C19H24. The number of fused-ring (bicyclic) bond motifs is 1. The number of rotatable bonds is 2. The van der Waals surface area contributed by atoms with Gasteiger partial charge in [0.2, 0.25) is 0 Å². The van der Waals surface area contributed by atoms with Gasteiger partial charge in [0, 0.05) is 11.3 Å². The highest BCUT2D eigenvalue weighted by Crippen LogP contribution is 2.63. The van der Waals surface area contributed by atoms with E-state index in [4.69, 9.17) is 0 Å². The van der Waals surface area contributed by atoms with E-state index >= 15 is 0 Å². The Hall–Kier alpha value is -1.30. The minimum Gasteiger partial charge on any atom is -0.0958 e. The molecular weight excluding hydrogens is 228 g/mol. The lowest BCUT2D eigenvalue weighted by atomic mass is 9.49. The Kier molecular flexibility index (Phi) is 2.74. The van der Waals surface area contributed by atoms with Crippen molar-refractivity contribution in [3.63, 3.8) is 0 Å². The topological polar surface area (TPSA) is 0 Å². The van der Waals surface area contributed by atoms with Gasteiger partial charge in [0.25, 0.3) is 0 Å². The second-order valence-corrected chi connectivity index (χ2v) is 6.71. The van der Waals surface area contributed by atoms with Gasteiger partial charge in [-0.3, -0.25) is 0 Å². The molecule has 0 amide bonds. The number of hydrogen-bond acceptors (Lipinski definition) is 0. The van der Waals surface area contributed by atoms with E-state index in [1.807, 2.05) is 0 Å². The number of hydrogen-bond donors (Lipinski definition) is 0. The molecule has 0 aromatic carbocycles. The maximum Gasteiger partial charge on any atom is 0.0148 e. The maximum atomic E-state index is 4.13. The Bertz CT molecular complexity index is 577. The first-order chi connectivity index (χ1) is 8.95. The molecule has 0 aliphatic heterocycles. The summed E-state index contributed by atoms with van der Waals surface area (Å²) < 4.78 is 0. The van der Waals surface area contributed by atoms with Gasteiger partial charge in [-0.25, -0.2) is 0 Å². The minimum absolute atomic E-state index is 0.347. The van der Waals surface area contributed by atoms with Gasteiger partial charge < -0.3 is 0 Å². The average molecular weight is 252 g/mol. The molecule has 4 aliphatic carbocycles. The van der Waals surface area contributed by atoms with Crippen molar-refractivity contribution in [1.29, 1.82) is 0 Å². The summed E-state index contributed by atoms with van der Waals surface area (Å²) in [6, 6.07) is 0. The fourth-order valence-electron chi connectivity index (χ4n) is 4.11. The molecule has 100 valence electrons. The Morgan fingerprint density at radius 1 is 1.37 bits per heavy atom. The molecule has 0 aromatic heterocycles. The lowest BCUT2D eigenvalue weighted by molar-refractivity contribution is 0.237. The molecule has 0 N–H and O–H groups in total. The standard InChI is InChI=1S/C19H24/c1-12(2)15-10-17-14(4)19(5,11-15)18(17)16-9-7-6-8-13(16)3/h6,8,10,18H,1,7,9,11H2,2-5H3. The fraction of sp³-hybridized carbons (Fsp3) is 0.474. The quantitative estimate of drug-likeness (QED) is 0.607. The third kappa shape index (κ3) is 1.65. The SMILES string of the molecule is C=C(C)C1=CC2=C(C)C(C)(C1)C2C1=C(C)C=CCC1. The highest BCUT2D eigenvalue weighted by atomic mass is 14.5. The van der Waals surface area contributed by atoms with Crippen molar-refractivity contribution in [3.8, 4) is 0 Å². The van der Waals surface area contributed by atoms with Gasteiger partial charge in [0.1, 0.15) is 0 Å². The third-order valence-corrected chi connectivity index (χ3v) is 5.48. The van der Waals surface area contributed by atoms with Crippen LogP contribution in [0.2, 0.25) is 0 Å². The van der Waals surface area contributed by atoms with Crippen molar-refractivity contribution < 1.29 is 0 Å². The molecule has 2 bridgehead atoms. The predicted octanol–water partition coefficient (Wildman–Crippen LogP) is 5.51. The lowest BCUT2D eigenvalue weighted by Gasteiger charge is -2.55. The van der Waals surface area contributed by atoms with Gasteiger partial charge in [-0.15, -0.1) is 0 Å². The first kappa shape index (κ1) is 12.7. The van der Waals surface area contributed by atoms with Gasteiger partial charge in [-0.1, -0.05) is 54.0 Å². The predicted molar refractivity (Wildman–Crippen MR) is 82.9 cm³/mol. The van der Waals surface area contributed by atoms with E-state index in [1.54, 1.807) is 16.7 Å². The summed E-state index contributed by atoms with van der Waals surface area (Å²) in [6.07, 6.45) is 10.7. The monoisotopic (exact) mass is 252 g/mol. The molecule has 0 saturated heterocycles. The highest BCUT2D eigenvalue weighted by Gasteiger charge is 2.51. The van der Waals surface area contributed by atoms with Crippen LogP contribution in [0.5, 0.6) is 0 Å². The summed E-state index contributed by atoms with van der Waals surface area (Å²) in [6.45, 7) is 13.3. The Balaban J connectivity index is 2.05. The summed E-state index contributed by atoms with van der Waals surface area (Å²) in [5.74, 6) is 0.667. The first-order valence-electron chi connectivity index (χ1n) is 7.39.